The Morgan fingerprint density at radius 3 is 2.00 bits per heavy atom. The van der Waals surface area contributed by atoms with Gasteiger partial charge in [0.25, 0.3) is 0 Å². The van der Waals surface area contributed by atoms with Gasteiger partial charge in [-0.1, -0.05) is 135 Å². The van der Waals surface area contributed by atoms with E-state index < -0.39 is 11.8 Å². The van der Waals surface area contributed by atoms with Gasteiger partial charge in [-0.15, -0.1) is 0 Å². The van der Waals surface area contributed by atoms with E-state index in [0.717, 1.165) is 22.3 Å². The van der Waals surface area contributed by atoms with Crippen LogP contribution in [0.4, 0.5) is 5.95 Å². The van der Waals surface area contributed by atoms with Crippen LogP contribution in [0.15, 0.2) is 122 Å². The zero-order valence-electron chi connectivity index (χ0n) is 28.9. The van der Waals surface area contributed by atoms with Gasteiger partial charge in [-0.2, -0.15) is 9.97 Å². The molecule has 2 atom stereocenters. The molecular weight excluding hydrogens is 624 g/mol. The summed E-state index contributed by atoms with van der Waals surface area (Å²) in [5, 5.41) is 2.87. The van der Waals surface area contributed by atoms with E-state index in [1.54, 1.807) is 6.33 Å². The molecule has 0 spiro atoms. The van der Waals surface area contributed by atoms with Crippen molar-refractivity contribution in [3.63, 3.8) is 0 Å². The topological polar surface area (TPSA) is 94.4 Å². The van der Waals surface area contributed by atoms with Crippen molar-refractivity contribution in [1.82, 2.24) is 24.4 Å². The average molecular weight is 667 g/mol. The van der Waals surface area contributed by atoms with Crippen molar-refractivity contribution >= 4 is 23.0 Å². The summed E-state index contributed by atoms with van der Waals surface area (Å²) in [5.41, 5.74) is 6.03. The lowest BCUT2D eigenvalue weighted by Gasteiger charge is -2.50. The second-order valence-corrected chi connectivity index (χ2v) is 13.2. The van der Waals surface area contributed by atoms with E-state index in [9.17, 15) is 4.79 Å². The first-order valence-corrected chi connectivity index (χ1v) is 17.1. The van der Waals surface area contributed by atoms with Crippen molar-refractivity contribution in [2.24, 2.45) is 5.92 Å². The van der Waals surface area contributed by atoms with Crippen molar-refractivity contribution in [3.8, 4) is 5.88 Å². The Morgan fingerprint density at radius 1 is 0.860 bits per heavy atom. The predicted octanol–water partition coefficient (Wildman–Crippen LogP) is 7.52. The van der Waals surface area contributed by atoms with Gasteiger partial charge in [-0.3, -0.25) is 19.6 Å². The van der Waals surface area contributed by atoms with Crippen LogP contribution in [0.1, 0.15) is 54.8 Å². The number of carbonyl (C=O) groups excluding carboxylic acids is 1. The summed E-state index contributed by atoms with van der Waals surface area (Å²) in [4.78, 5) is 29.5. The van der Waals surface area contributed by atoms with Crippen LogP contribution in [0.3, 0.4) is 0 Å². The number of nitrogens with zero attached hydrogens (tertiary/aromatic N) is 5. The number of carbonyl (C=O) groups is 1. The number of aromatic nitrogens is 4. The van der Waals surface area contributed by atoms with Gasteiger partial charge in [0, 0.05) is 19.0 Å². The Balaban J connectivity index is 1.33. The second kappa shape index (κ2) is 14.2. The first-order chi connectivity index (χ1) is 24.3. The van der Waals surface area contributed by atoms with Crippen LogP contribution in [0.2, 0.25) is 0 Å². The summed E-state index contributed by atoms with van der Waals surface area (Å²) in [5.74, 6) is 0.00681. The molecule has 0 radical (unpaired) electrons. The molecule has 2 aromatic heterocycles. The molecule has 1 aliphatic rings. The van der Waals surface area contributed by atoms with Gasteiger partial charge in [0.2, 0.25) is 17.7 Å². The number of aryl methyl sites for hydroxylation is 1. The minimum atomic E-state index is -0.621. The fraction of sp³-hybridized carbons (Fsp3) is 0.268. The molecule has 4 aromatic carbocycles. The highest BCUT2D eigenvalue weighted by atomic mass is 16.5. The summed E-state index contributed by atoms with van der Waals surface area (Å²) in [6.45, 7) is 9.30. The van der Waals surface area contributed by atoms with Crippen LogP contribution in [-0.2, 0) is 21.7 Å². The standard InChI is InChI=1S/C41H42N6O3/c1-28(2)38(48)44-40-43-37-36(39(45-40)49-26-31-22-20-29(3)21-23-31)42-27-47(37)35-25-46(24-30(4)50-35)41(32-14-8-5-9-15-32,33-16-10-6-11-17-33)34-18-12-7-13-19-34/h5-23,27-28,30,35H,24-26H2,1-4H3,(H,43,44,45,48)/t30-,35+/m0/s1. The quantitative estimate of drug-likeness (QED) is 0.151. The molecule has 1 aliphatic heterocycles. The van der Waals surface area contributed by atoms with Crippen LogP contribution in [0, 0.1) is 12.8 Å². The van der Waals surface area contributed by atoms with E-state index >= 15 is 0 Å². The molecule has 1 amide bonds. The van der Waals surface area contributed by atoms with Crippen LogP contribution in [-0.4, -0.2) is 49.5 Å². The van der Waals surface area contributed by atoms with Crippen molar-refractivity contribution in [2.75, 3.05) is 18.4 Å². The highest BCUT2D eigenvalue weighted by molar-refractivity contribution is 5.91. The van der Waals surface area contributed by atoms with Gasteiger partial charge in [-0.05, 0) is 36.1 Å². The zero-order chi connectivity index (χ0) is 34.7. The smallest absolute Gasteiger partial charge is 0.247 e. The third-order valence-corrected chi connectivity index (χ3v) is 9.25. The first-order valence-electron chi connectivity index (χ1n) is 17.1. The van der Waals surface area contributed by atoms with Crippen molar-refractivity contribution in [3.05, 3.63) is 149 Å². The number of rotatable bonds is 10. The molecule has 6 aromatic rings. The predicted molar refractivity (Wildman–Crippen MR) is 195 cm³/mol. The Labute approximate surface area is 292 Å². The summed E-state index contributed by atoms with van der Waals surface area (Å²) in [6, 6.07) is 40.1. The maximum absolute atomic E-state index is 12.8. The van der Waals surface area contributed by atoms with Crippen LogP contribution < -0.4 is 10.1 Å². The molecule has 50 heavy (non-hydrogen) atoms. The molecule has 0 aliphatic carbocycles. The Bertz CT molecular complexity index is 1950. The minimum absolute atomic E-state index is 0.138. The molecule has 0 unspecified atom stereocenters. The third-order valence-electron chi connectivity index (χ3n) is 9.25. The van der Waals surface area contributed by atoms with Gasteiger partial charge in [-0.25, -0.2) is 4.98 Å². The fourth-order valence-electron chi connectivity index (χ4n) is 6.79. The monoisotopic (exact) mass is 666 g/mol. The molecule has 9 nitrogen and oxygen atoms in total. The van der Waals surface area contributed by atoms with Crippen molar-refractivity contribution in [2.45, 2.75) is 52.2 Å². The number of nitrogens with one attached hydrogen (secondary N) is 1. The molecular formula is C41H42N6O3. The van der Waals surface area contributed by atoms with Crippen LogP contribution >= 0.6 is 0 Å². The van der Waals surface area contributed by atoms with E-state index in [2.05, 4.69) is 113 Å². The van der Waals surface area contributed by atoms with E-state index in [-0.39, 0.29) is 30.5 Å². The van der Waals surface area contributed by atoms with E-state index in [1.165, 1.54) is 5.56 Å². The number of amides is 1. The van der Waals surface area contributed by atoms with Gasteiger partial charge in [0.1, 0.15) is 12.8 Å². The lowest BCUT2D eigenvalue weighted by molar-refractivity contribution is -0.128. The number of morpholine rings is 1. The summed E-state index contributed by atoms with van der Waals surface area (Å²) < 4.78 is 14.9. The highest BCUT2D eigenvalue weighted by Crippen LogP contribution is 2.45. The SMILES string of the molecule is Cc1ccc(COc2nc(NC(=O)C(C)C)nc3c2ncn3[C@H]2CN(C(c3ccccc3)(c3ccccc3)c3ccccc3)C[C@H](C)O2)cc1. The molecule has 0 saturated carbocycles. The van der Waals surface area contributed by atoms with Crippen molar-refractivity contribution in [1.29, 1.82) is 0 Å². The number of imidazole rings is 1. The molecule has 1 N–H and O–H groups in total. The van der Waals surface area contributed by atoms with Gasteiger partial charge in [0.05, 0.1) is 18.0 Å². The summed E-state index contributed by atoms with van der Waals surface area (Å²) in [7, 11) is 0. The minimum Gasteiger partial charge on any atom is -0.471 e. The fourth-order valence-corrected chi connectivity index (χ4v) is 6.79. The first kappa shape index (κ1) is 33.1. The van der Waals surface area contributed by atoms with Crippen LogP contribution in [0.25, 0.3) is 11.2 Å². The van der Waals surface area contributed by atoms with E-state index in [4.69, 9.17) is 19.4 Å². The Kier molecular flexibility index (Phi) is 9.43. The molecule has 0 bridgehead atoms. The molecule has 3 heterocycles. The average Bonchev–Trinajstić information content (AvgIpc) is 3.57. The largest absolute Gasteiger partial charge is 0.471 e. The second-order valence-electron chi connectivity index (χ2n) is 13.2. The number of fused-ring (bicyclic) bond motifs is 1. The number of hydrogen-bond acceptors (Lipinski definition) is 7. The number of ether oxygens (including phenoxy) is 2. The lowest BCUT2D eigenvalue weighted by atomic mass is 9.75. The third kappa shape index (κ3) is 6.49. The molecule has 1 fully saturated rings. The number of benzene rings is 4. The molecule has 1 saturated heterocycles. The molecule has 9 heteroatoms. The van der Waals surface area contributed by atoms with Crippen molar-refractivity contribution < 1.29 is 14.3 Å². The van der Waals surface area contributed by atoms with Crippen LogP contribution in [0.5, 0.6) is 5.88 Å². The molecule has 7 rings (SSSR count). The lowest BCUT2D eigenvalue weighted by Crippen LogP contribution is -2.56. The van der Waals surface area contributed by atoms with Gasteiger partial charge < -0.3 is 9.47 Å². The van der Waals surface area contributed by atoms with E-state index in [0.29, 0.717) is 30.1 Å². The summed E-state index contributed by atoms with van der Waals surface area (Å²) >= 11 is 0. The van der Waals surface area contributed by atoms with Gasteiger partial charge in [0.15, 0.2) is 11.2 Å². The maximum Gasteiger partial charge on any atom is 0.247 e. The summed E-state index contributed by atoms with van der Waals surface area (Å²) in [6.07, 6.45) is 1.14. The van der Waals surface area contributed by atoms with E-state index in [1.807, 2.05) is 49.6 Å². The zero-order valence-corrected chi connectivity index (χ0v) is 28.9. The molecule has 254 valence electrons. The number of hydrogen-bond donors (Lipinski definition) is 1. The Hall–Kier alpha value is -5.38. The highest BCUT2D eigenvalue weighted by Gasteiger charge is 2.46. The normalized spacial score (nSPS) is 16.8. The van der Waals surface area contributed by atoms with Gasteiger partial charge >= 0.3 is 0 Å². The maximum atomic E-state index is 12.8. The Morgan fingerprint density at radius 2 is 1.44 bits per heavy atom. The number of anilines is 1.